The van der Waals surface area contributed by atoms with Crippen molar-refractivity contribution in [3.05, 3.63) is 65.2 Å². The number of esters is 1. The highest BCUT2D eigenvalue weighted by Gasteiger charge is 2.22. The topological polar surface area (TPSA) is 97.0 Å². The SMILES string of the molecule is COC(=O)c1c(C)[nH]c(C(=O)Nc2cccc(-c3cccnc3)n2)c1C. The van der Waals surface area contributed by atoms with Gasteiger partial charge in [0, 0.05) is 23.7 Å². The molecule has 0 saturated heterocycles. The van der Waals surface area contributed by atoms with Crippen LogP contribution >= 0.6 is 0 Å². The number of H-pyrrole nitrogens is 1. The van der Waals surface area contributed by atoms with Crippen LogP contribution in [-0.4, -0.2) is 33.9 Å². The molecule has 0 saturated carbocycles. The fraction of sp³-hybridized carbons (Fsp3) is 0.158. The monoisotopic (exact) mass is 350 g/mol. The number of carbonyl (C=O) groups excluding carboxylic acids is 2. The van der Waals surface area contributed by atoms with Crippen molar-refractivity contribution in [1.29, 1.82) is 0 Å². The minimum absolute atomic E-state index is 0.302. The van der Waals surface area contributed by atoms with Crippen LogP contribution in [-0.2, 0) is 4.74 Å². The molecule has 26 heavy (non-hydrogen) atoms. The van der Waals surface area contributed by atoms with Gasteiger partial charge in [-0.2, -0.15) is 0 Å². The Morgan fingerprint density at radius 3 is 2.65 bits per heavy atom. The molecular formula is C19H18N4O3. The molecule has 7 heteroatoms. The van der Waals surface area contributed by atoms with Crippen molar-refractivity contribution in [1.82, 2.24) is 15.0 Å². The summed E-state index contributed by atoms with van der Waals surface area (Å²) in [6.07, 6.45) is 3.39. The Labute approximate surface area is 150 Å². The molecule has 0 aromatic carbocycles. The molecule has 0 aliphatic rings. The van der Waals surface area contributed by atoms with Crippen LogP contribution in [0, 0.1) is 13.8 Å². The fourth-order valence-corrected chi connectivity index (χ4v) is 2.74. The summed E-state index contributed by atoms with van der Waals surface area (Å²) in [5, 5.41) is 2.75. The van der Waals surface area contributed by atoms with E-state index >= 15 is 0 Å². The lowest BCUT2D eigenvalue weighted by molar-refractivity contribution is 0.0599. The minimum Gasteiger partial charge on any atom is -0.465 e. The number of rotatable bonds is 4. The van der Waals surface area contributed by atoms with E-state index in [1.54, 1.807) is 38.4 Å². The smallest absolute Gasteiger partial charge is 0.339 e. The van der Waals surface area contributed by atoms with Crippen molar-refractivity contribution in [2.75, 3.05) is 12.4 Å². The molecule has 7 nitrogen and oxygen atoms in total. The molecule has 0 bridgehead atoms. The molecule has 3 heterocycles. The maximum atomic E-state index is 12.6. The van der Waals surface area contributed by atoms with Crippen LogP contribution < -0.4 is 5.32 Å². The van der Waals surface area contributed by atoms with Crippen molar-refractivity contribution in [2.45, 2.75) is 13.8 Å². The standard InChI is InChI=1S/C19H18N4O3/c1-11-16(19(25)26-3)12(2)21-17(11)18(24)23-15-8-4-7-14(22-15)13-6-5-9-20-10-13/h4-10,21H,1-3H3,(H,22,23,24). The molecule has 2 N–H and O–H groups in total. The number of carbonyl (C=O) groups is 2. The predicted octanol–water partition coefficient (Wildman–Crippen LogP) is 3.13. The van der Waals surface area contributed by atoms with Gasteiger partial charge >= 0.3 is 5.97 Å². The van der Waals surface area contributed by atoms with Crippen LogP contribution in [0.25, 0.3) is 11.3 Å². The molecule has 0 fully saturated rings. The molecule has 0 aliphatic heterocycles. The highest BCUT2D eigenvalue weighted by molar-refractivity contribution is 6.06. The number of amides is 1. The summed E-state index contributed by atoms with van der Waals surface area (Å²) < 4.78 is 4.77. The van der Waals surface area contributed by atoms with E-state index in [-0.39, 0.29) is 5.91 Å². The summed E-state index contributed by atoms with van der Waals surface area (Å²) in [6, 6.07) is 9.05. The van der Waals surface area contributed by atoms with Gasteiger partial charge in [0.2, 0.25) is 0 Å². The van der Waals surface area contributed by atoms with Gasteiger partial charge in [-0.25, -0.2) is 9.78 Å². The zero-order chi connectivity index (χ0) is 18.7. The Kier molecular flexibility index (Phi) is 4.79. The van der Waals surface area contributed by atoms with Gasteiger partial charge in [-0.05, 0) is 43.7 Å². The van der Waals surface area contributed by atoms with Gasteiger partial charge in [0.1, 0.15) is 11.5 Å². The second-order valence-electron chi connectivity index (χ2n) is 5.72. The van der Waals surface area contributed by atoms with Gasteiger partial charge in [0.15, 0.2) is 0 Å². The molecule has 0 aliphatic carbocycles. The second-order valence-corrected chi connectivity index (χ2v) is 5.72. The molecule has 0 unspecified atom stereocenters. The van der Waals surface area contributed by atoms with E-state index in [1.165, 1.54) is 7.11 Å². The molecule has 0 radical (unpaired) electrons. The van der Waals surface area contributed by atoms with Crippen molar-refractivity contribution < 1.29 is 14.3 Å². The number of anilines is 1. The number of hydrogen-bond donors (Lipinski definition) is 2. The third-order valence-electron chi connectivity index (χ3n) is 4.00. The van der Waals surface area contributed by atoms with Crippen LogP contribution in [0.3, 0.4) is 0 Å². The third kappa shape index (κ3) is 3.32. The zero-order valence-electron chi connectivity index (χ0n) is 14.7. The maximum absolute atomic E-state index is 12.6. The molecular weight excluding hydrogens is 332 g/mol. The van der Waals surface area contributed by atoms with Gasteiger partial charge in [-0.15, -0.1) is 0 Å². The van der Waals surface area contributed by atoms with Crippen LogP contribution in [0.2, 0.25) is 0 Å². The number of ether oxygens (including phenoxy) is 1. The van der Waals surface area contributed by atoms with Crippen LogP contribution in [0.15, 0.2) is 42.7 Å². The van der Waals surface area contributed by atoms with Gasteiger partial charge in [0.05, 0.1) is 18.4 Å². The summed E-state index contributed by atoms with van der Waals surface area (Å²) in [5.74, 6) is -0.453. The lowest BCUT2D eigenvalue weighted by atomic mass is 10.1. The van der Waals surface area contributed by atoms with E-state index in [0.717, 1.165) is 5.56 Å². The number of hydrogen-bond acceptors (Lipinski definition) is 5. The average Bonchev–Trinajstić information content (AvgIpc) is 2.96. The molecule has 3 rings (SSSR count). The van der Waals surface area contributed by atoms with Gasteiger partial charge in [-0.3, -0.25) is 9.78 Å². The summed E-state index contributed by atoms with van der Waals surface area (Å²) in [6.45, 7) is 3.42. The van der Waals surface area contributed by atoms with E-state index in [9.17, 15) is 9.59 Å². The number of nitrogens with zero attached hydrogens (tertiary/aromatic N) is 2. The predicted molar refractivity (Wildman–Crippen MR) is 97.0 cm³/mol. The van der Waals surface area contributed by atoms with Gasteiger partial charge in [0.25, 0.3) is 5.91 Å². The van der Waals surface area contributed by atoms with Crippen molar-refractivity contribution >= 4 is 17.7 Å². The average molecular weight is 350 g/mol. The number of aryl methyl sites for hydroxylation is 1. The highest BCUT2D eigenvalue weighted by atomic mass is 16.5. The summed E-state index contributed by atoms with van der Waals surface area (Å²) >= 11 is 0. The van der Waals surface area contributed by atoms with E-state index in [1.807, 2.05) is 18.2 Å². The second kappa shape index (κ2) is 7.18. The number of nitrogens with one attached hydrogen (secondary N) is 2. The quantitative estimate of drug-likeness (QED) is 0.705. The minimum atomic E-state index is -0.480. The number of aromatic amines is 1. The summed E-state index contributed by atoms with van der Waals surface area (Å²) in [5.41, 5.74) is 3.34. The molecule has 132 valence electrons. The Morgan fingerprint density at radius 1 is 1.15 bits per heavy atom. The van der Waals surface area contributed by atoms with Crippen molar-refractivity contribution in [3.63, 3.8) is 0 Å². The number of pyridine rings is 2. The Morgan fingerprint density at radius 2 is 1.96 bits per heavy atom. The number of aromatic nitrogens is 3. The fourth-order valence-electron chi connectivity index (χ4n) is 2.74. The van der Waals surface area contributed by atoms with Crippen LogP contribution in [0.4, 0.5) is 5.82 Å². The van der Waals surface area contributed by atoms with Crippen molar-refractivity contribution in [2.24, 2.45) is 0 Å². The van der Waals surface area contributed by atoms with E-state index in [2.05, 4.69) is 20.3 Å². The Balaban J connectivity index is 1.86. The summed E-state index contributed by atoms with van der Waals surface area (Å²) in [4.78, 5) is 35.9. The molecule has 1 amide bonds. The van der Waals surface area contributed by atoms with E-state index in [0.29, 0.717) is 34.0 Å². The lowest BCUT2D eigenvalue weighted by Crippen LogP contribution is -2.15. The highest BCUT2D eigenvalue weighted by Crippen LogP contribution is 2.21. The van der Waals surface area contributed by atoms with Gasteiger partial charge in [-0.1, -0.05) is 6.07 Å². The molecule has 3 aromatic rings. The maximum Gasteiger partial charge on any atom is 0.339 e. The first-order valence-electron chi connectivity index (χ1n) is 7.97. The van der Waals surface area contributed by atoms with E-state index < -0.39 is 5.97 Å². The van der Waals surface area contributed by atoms with Crippen LogP contribution in [0.5, 0.6) is 0 Å². The zero-order valence-corrected chi connectivity index (χ0v) is 14.7. The van der Waals surface area contributed by atoms with Gasteiger partial charge < -0.3 is 15.0 Å². The molecule has 0 spiro atoms. The van der Waals surface area contributed by atoms with Crippen LogP contribution in [0.1, 0.15) is 32.1 Å². The largest absolute Gasteiger partial charge is 0.465 e. The first kappa shape index (κ1) is 17.3. The first-order chi connectivity index (χ1) is 12.5. The Hall–Kier alpha value is -3.48. The molecule has 3 aromatic heterocycles. The van der Waals surface area contributed by atoms with E-state index in [4.69, 9.17) is 4.74 Å². The third-order valence-corrected chi connectivity index (χ3v) is 4.00. The summed E-state index contributed by atoms with van der Waals surface area (Å²) in [7, 11) is 1.31. The number of methoxy groups -OCH3 is 1. The normalized spacial score (nSPS) is 10.4. The first-order valence-corrected chi connectivity index (χ1v) is 7.97. The Bertz CT molecular complexity index is 964. The lowest BCUT2D eigenvalue weighted by Gasteiger charge is -2.07. The molecule has 0 atom stereocenters. The van der Waals surface area contributed by atoms with Crippen molar-refractivity contribution in [3.8, 4) is 11.3 Å².